The van der Waals surface area contributed by atoms with Gasteiger partial charge in [-0.05, 0) is 153 Å². The number of hydrogen-bond donors (Lipinski definition) is 0. The molecule has 0 bridgehead atoms. The standard InChI is InChI=1S/C59H41F5O4/c1-31(2)55(65)67-29-57(30-68-56(66)32(3)4)49-26-37(43-16-10-35-6-8-39-22-33(5)23-40-14-20-47(43)53(35)51(39)40)12-18-45(49)46-19-13-38(27-50(46)57)44-17-11-36-7-9-41-24-34(28-58(60,61)59(62,63)64)25-42-15-21-48(44)54(36)52(41)42/h6-27H,1,3,28-30H2,2,4-5H3. The fourth-order valence-electron chi connectivity index (χ4n) is 10.6. The summed E-state index contributed by atoms with van der Waals surface area (Å²) >= 11 is 0. The van der Waals surface area contributed by atoms with Gasteiger partial charge in [-0.25, -0.2) is 9.59 Å². The third-order valence-electron chi connectivity index (χ3n) is 13.8. The third-order valence-corrected chi connectivity index (χ3v) is 13.8. The van der Waals surface area contributed by atoms with Crippen LogP contribution in [0.5, 0.6) is 0 Å². The number of aryl methyl sites for hydroxylation is 1. The smallest absolute Gasteiger partial charge is 0.453 e. The summed E-state index contributed by atoms with van der Waals surface area (Å²) < 4.78 is 80.5. The molecule has 11 rings (SSSR count). The van der Waals surface area contributed by atoms with E-state index in [2.05, 4.69) is 86.8 Å². The molecule has 0 N–H and O–H groups in total. The molecule has 9 heteroatoms. The highest BCUT2D eigenvalue weighted by molar-refractivity contribution is 6.27. The molecule has 0 saturated carbocycles. The lowest BCUT2D eigenvalue weighted by molar-refractivity contribution is -0.281. The van der Waals surface area contributed by atoms with Crippen LogP contribution in [-0.2, 0) is 30.9 Å². The van der Waals surface area contributed by atoms with Gasteiger partial charge in [0.2, 0.25) is 0 Å². The van der Waals surface area contributed by atoms with Gasteiger partial charge in [-0.3, -0.25) is 0 Å². The average molecular weight is 909 g/mol. The molecule has 0 heterocycles. The van der Waals surface area contributed by atoms with E-state index in [4.69, 9.17) is 9.47 Å². The summed E-state index contributed by atoms with van der Waals surface area (Å²) in [6.45, 7) is 12.5. The molecule has 10 aromatic rings. The van der Waals surface area contributed by atoms with E-state index < -0.39 is 35.9 Å². The predicted octanol–water partition coefficient (Wildman–Crippen LogP) is 15.4. The van der Waals surface area contributed by atoms with Gasteiger partial charge < -0.3 is 9.47 Å². The lowest BCUT2D eigenvalue weighted by Crippen LogP contribution is -2.38. The van der Waals surface area contributed by atoms with E-state index in [0.717, 1.165) is 76.8 Å². The van der Waals surface area contributed by atoms with Crippen molar-refractivity contribution < 1.29 is 41.0 Å². The molecule has 0 unspecified atom stereocenters. The summed E-state index contributed by atoms with van der Waals surface area (Å²) in [5.41, 5.74) is 7.12. The van der Waals surface area contributed by atoms with Crippen LogP contribution in [-0.4, -0.2) is 37.3 Å². The maximum Gasteiger partial charge on any atom is 0.453 e. The quantitative estimate of drug-likeness (QED) is 0.0594. The second-order valence-corrected chi connectivity index (χ2v) is 18.5. The van der Waals surface area contributed by atoms with E-state index in [9.17, 15) is 31.5 Å². The molecule has 68 heavy (non-hydrogen) atoms. The van der Waals surface area contributed by atoms with E-state index in [1.165, 1.54) is 39.2 Å². The number of hydrogen-bond acceptors (Lipinski definition) is 4. The molecule has 0 radical (unpaired) electrons. The Morgan fingerprint density at radius 2 is 0.882 bits per heavy atom. The Hall–Kier alpha value is -7.65. The van der Waals surface area contributed by atoms with Crippen LogP contribution in [0, 0.1) is 6.92 Å². The molecule has 0 amide bonds. The number of halogens is 5. The molecule has 4 nitrogen and oxygen atoms in total. The van der Waals surface area contributed by atoms with E-state index in [-0.39, 0.29) is 29.9 Å². The summed E-state index contributed by atoms with van der Waals surface area (Å²) in [6.07, 6.45) is -7.15. The minimum atomic E-state index is -5.68. The van der Waals surface area contributed by atoms with Gasteiger partial charge in [0.15, 0.2) is 0 Å². The SMILES string of the molecule is C=C(C)C(=O)OCC1(COC(=O)C(=C)C)c2cc(-c3ccc4ccc5cc(C)cc6ccc3c4c56)ccc2-c2ccc(-c3ccc4ccc5cc(CC(F)(F)C(F)(F)F)cc6ccc3c4c56)cc21. The van der Waals surface area contributed by atoms with Crippen LogP contribution in [0.4, 0.5) is 22.0 Å². The van der Waals surface area contributed by atoms with Gasteiger partial charge in [0.05, 0.1) is 5.41 Å². The number of benzene rings is 10. The molecule has 0 atom stereocenters. The first-order chi connectivity index (χ1) is 32.4. The number of ether oxygens (including phenoxy) is 2. The summed E-state index contributed by atoms with van der Waals surface area (Å²) in [7, 11) is 0. The fourth-order valence-corrected chi connectivity index (χ4v) is 10.6. The maximum absolute atomic E-state index is 14.3. The van der Waals surface area contributed by atoms with E-state index >= 15 is 0 Å². The zero-order valence-corrected chi connectivity index (χ0v) is 37.3. The number of fused-ring (bicyclic) bond motifs is 3. The van der Waals surface area contributed by atoms with Crippen molar-refractivity contribution >= 4 is 76.6 Å². The van der Waals surface area contributed by atoms with Gasteiger partial charge in [-0.1, -0.05) is 134 Å². The second kappa shape index (κ2) is 15.2. The molecule has 336 valence electrons. The monoisotopic (exact) mass is 908 g/mol. The predicted molar refractivity (Wildman–Crippen MR) is 262 cm³/mol. The molecule has 0 spiro atoms. The first-order valence-corrected chi connectivity index (χ1v) is 22.2. The van der Waals surface area contributed by atoms with Crippen LogP contribution >= 0.6 is 0 Å². The number of rotatable bonds is 10. The lowest BCUT2D eigenvalue weighted by atomic mass is 9.77. The Kier molecular flexibility index (Phi) is 9.59. The van der Waals surface area contributed by atoms with Crippen molar-refractivity contribution in [3.8, 4) is 33.4 Å². The van der Waals surface area contributed by atoms with Gasteiger partial charge in [0.25, 0.3) is 0 Å². The van der Waals surface area contributed by atoms with E-state index in [0.29, 0.717) is 10.8 Å². The van der Waals surface area contributed by atoms with Crippen molar-refractivity contribution in [1.82, 2.24) is 0 Å². The largest absolute Gasteiger partial charge is 0.461 e. The highest BCUT2D eigenvalue weighted by atomic mass is 19.4. The first-order valence-electron chi connectivity index (χ1n) is 22.2. The highest BCUT2D eigenvalue weighted by Crippen LogP contribution is 2.53. The van der Waals surface area contributed by atoms with Gasteiger partial charge in [-0.2, -0.15) is 22.0 Å². The summed E-state index contributed by atoms with van der Waals surface area (Å²) in [4.78, 5) is 26.7. The Labute approximate surface area is 387 Å². The molecule has 0 saturated heterocycles. The van der Waals surface area contributed by atoms with Crippen LogP contribution in [0.3, 0.4) is 0 Å². The summed E-state index contributed by atoms with van der Waals surface area (Å²) in [5.74, 6) is -6.09. The molecule has 0 fully saturated rings. The number of alkyl halides is 5. The van der Waals surface area contributed by atoms with Crippen LogP contribution < -0.4 is 0 Å². The van der Waals surface area contributed by atoms with Crippen molar-refractivity contribution in [1.29, 1.82) is 0 Å². The average Bonchev–Trinajstić information content (AvgIpc) is 3.57. The highest BCUT2D eigenvalue weighted by Gasteiger charge is 2.57. The Morgan fingerprint density at radius 1 is 0.500 bits per heavy atom. The molecular formula is C59H41F5O4. The number of esters is 2. The number of carbonyl (C=O) groups is 2. The molecule has 1 aliphatic carbocycles. The van der Waals surface area contributed by atoms with Crippen LogP contribution in [0.25, 0.3) is 98.0 Å². The maximum atomic E-state index is 14.3. The molecule has 10 aromatic carbocycles. The Bertz CT molecular complexity index is 3740. The Balaban J connectivity index is 1.09. The molecular weight excluding hydrogens is 868 g/mol. The fraction of sp³-hybridized carbons (Fsp3) is 0.153. The summed E-state index contributed by atoms with van der Waals surface area (Å²) in [6, 6.07) is 43.7. The van der Waals surface area contributed by atoms with Crippen LogP contribution in [0.15, 0.2) is 158 Å². The Morgan fingerprint density at radius 3 is 1.31 bits per heavy atom. The first kappa shape index (κ1) is 43.0. The van der Waals surface area contributed by atoms with Crippen LogP contribution in [0.2, 0.25) is 0 Å². The van der Waals surface area contributed by atoms with Crippen LogP contribution in [0.1, 0.15) is 36.1 Å². The molecule has 1 aliphatic rings. The van der Waals surface area contributed by atoms with Crippen molar-refractivity contribution in [3.63, 3.8) is 0 Å². The van der Waals surface area contributed by atoms with Crippen molar-refractivity contribution in [2.24, 2.45) is 0 Å². The van der Waals surface area contributed by atoms with Gasteiger partial charge in [0.1, 0.15) is 13.2 Å². The van der Waals surface area contributed by atoms with Gasteiger partial charge >= 0.3 is 24.0 Å². The van der Waals surface area contributed by atoms with Gasteiger partial charge in [0, 0.05) is 17.6 Å². The lowest BCUT2D eigenvalue weighted by Gasteiger charge is -2.32. The number of carbonyl (C=O) groups excluding carboxylic acids is 2. The third kappa shape index (κ3) is 6.61. The van der Waals surface area contributed by atoms with E-state index in [1.54, 1.807) is 26.0 Å². The van der Waals surface area contributed by atoms with Gasteiger partial charge in [-0.15, -0.1) is 0 Å². The summed E-state index contributed by atoms with van der Waals surface area (Å²) in [5, 5.41) is 11.3. The topological polar surface area (TPSA) is 52.6 Å². The zero-order valence-electron chi connectivity index (χ0n) is 37.3. The normalized spacial score (nSPS) is 13.5. The van der Waals surface area contributed by atoms with Crippen molar-refractivity contribution in [2.45, 2.75) is 44.7 Å². The van der Waals surface area contributed by atoms with Crippen molar-refractivity contribution in [2.75, 3.05) is 13.2 Å². The minimum Gasteiger partial charge on any atom is -0.461 e. The van der Waals surface area contributed by atoms with E-state index in [1.807, 2.05) is 42.5 Å². The molecule has 0 aliphatic heterocycles. The minimum absolute atomic E-state index is 0.120. The second-order valence-electron chi connectivity index (χ2n) is 18.5. The van der Waals surface area contributed by atoms with Crippen molar-refractivity contribution in [3.05, 3.63) is 180 Å². The zero-order chi connectivity index (χ0) is 47.6. The molecule has 0 aromatic heterocycles.